The van der Waals surface area contributed by atoms with Crippen LogP contribution in [0.15, 0.2) is 17.8 Å². The van der Waals surface area contributed by atoms with Crippen LogP contribution in [0.4, 0.5) is 5.95 Å². The first-order valence-corrected chi connectivity index (χ1v) is 6.83. The number of hydrogen-bond acceptors (Lipinski definition) is 4. The molecule has 1 atom stereocenters. The van der Waals surface area contributed by atoms with E-state index in [-0.39, 0.29) is 6.04 Å². The van der Waals surface area contributed by atoms with Crippen LogP contribution in [-0.2, 0) is 0 Å². The van der Waals surface area contributed by atoms with E-state index < -0.39 is 0 Å². The number of aryl methyl sites for hydroxylation is 1. The highest BCUT2D eigenvalue weighted by Gasteiger charge is 2.24. The molecule has 1 aliphatic rings. The van der Waals surface area contributed by atoms with Crippen LogP contribution in [0.3, 0.4) is 0 Å². The van der Waals surface area contributed by atoms with Gasteiger partial charge in [-0.15, -0.1) is 11.3 Å². The average molecular weight is 248 g/mol. The van der Waals surface area contributed by atoms with Gasteiger partial charge in [-0.25, -0.2) is 9.97 Å². The summed E-state index contributed by atoms with van der Waals surface area (Å²) in [4.78, 5) is 8.92. The first kappa shape index (κ1) is 10.8. The van der Waals surface area contributed by atoms with Crippen LogP contribution in [0, 0.1) is 6.92 Å². The number of nitrogens with one attached hydrogen (secondary N) is 1. The molecule has 0 radical (unpaired) electrons. The standard InChI is InChI=1S/C12H16N4S/c1-8-7-17-11(14-8)9(2)16-6-5-13-12(16)15-10-3-4-10/h5-7,9-10H,3-4H2,1-2H3,(H,13,15). The molecule has 1 fully saturated rings. The Balaban J connectivity index is 1.84. The molecule has 1 N–H and O–H groups in total. The lowest BCUT2D eigenvalue weighted by molar-refractivity contribution is 0.637. The van der Waals surface area contributed by atoms with E-state index in [4.69, 9.17) is 0 Å². The van der Waals surface area contributed by atoms with Crippen LogP contribution in [0.2, 0.25) is 0 Å². The molecule has 0 aromatic carbocycles. The van der Waals surface area contributed by atoms with E-state index in [1.165, 1.54) is 12.8 Å². The summed E-state index contributed by atoms with van der Waals surface area (Å²) >= 11 is 1.71. The lowest BCUT2D eigenvalue weighted by Gasteiger charge is -2.14. The fraction of sp³-hybridized carbons (Fsp3) is 0.500. The monoisotopic (exact) mass is 248 g/mol. The highest BCUT2D eigenvalue weighted by atomic mass is 32.1. The van der Waals surface area contributed by atoms with Gasteiger partial charge in [0, 0.05) is 29.5 Å². The summed E-state index contributed by atoms with van der Waals surface area (Å²) in [6, 6.07) is 0.874. The van der Waals surface area contributed by atoms with Crippen LogP contribution in [0.1, 0.15) is 36.5 Å². The molecule has 1 saturated carbocycles. The molecular weight excluding hydrogens is 232 g/mol. The number of nitrogens with zero attached hydrogens (tertiary/aromatic N) is 3. The zero-order valence-corrected chi connectivity index (χ0v) is 10.9. The molecule has 90 valence electrons. The third-order valence-electron chi connectivity index (χ3n) is 2.99. The second-order valence-electron chi connectivity index (χ2n) is 4.58. The van der Waals surface area contributed by atoms with Gasteiger partial charge in [0.1, 0.15) is 5.01 Å². The van der Waals surface area contributed by atoms with Gasteiger partial charge in [-0.1, -0.05) is 0 Å². The van der Waals surface area contributed by atoms with Gasteiger partial charge in [0.15, 0.2) is 0 Å². The van der Waals surface area contributed by atoms with E-state index in [9.17, 15) is 0 Å². The predicted molar refractivity (Wildman–Crippen MR) is 69.5 cm³/mol. The number of anilines is 1. The molecule has 0 saturated heterocycles. The minimum atomic E-state index is 0.248. The van der Waals surface area contributed by atoms with Gasteiger partial charge >= 0.3 is 0 Å². The Kier molecular flexibility index (Phi) is 2.63. The zero-order valence-electron chi connectivity index (χ0n) is 10.1. The zero-order chi connectivity index (χ0) is 11.8. The molecule has 5 heteroatoms. The third kappa shape index (κ3) is 2.20. The van der Waals surface area contributed by atoms with Gasteiger partial charge in [0.05, 0.1) is 6.04 Å². The quantitative estimate of drug-likeness (QED) is 0.904. The summed E-state index contributed by atoms with van der Waals surface area (Å²) < 4.78 is 2.16. The van der Waals surface area contributed by atoms with E-state index in [1.54, 1.807) is 11.3 Å². The Hall–Kier alpha value is -1.36. The summed E-state index contributed by atoms with van der Waals surface area (Å²) in [6.45, 7) is 4.20. The maximum absolute atomic E-state index is 4.54. The maximum Gasteiger partial charge on any atom is 0.203 e. The Labute approximate surface area is 105 Å². The van der Waals surface area contributed by atoms with Crippen LogP contribution in [-0.4, -0.2) is 20.6 Å². The number of imidazole rings is 1. The topological polar surface area (TPSA) is 42.7 Å². The average Bonchev–Trinajstić information content (AvgIpc) is 2.83. The molecule has 0 bridgehead atoms. The summed E-state index contributed by atoms with van der Waals surface area (Å²) in [5.74, 6) is 0.966. The fourth-order valence-corrected chi connectivity index (χ4v) is 2.68. The van der Waals surface area contributed by atoms with Crippen molar-refractivity contribution in [3.8, 4) is 0 Å². The Morgan fingerprint density at radius 1 is 1.53 bits per heavy atom. The van der Waals surface area contributed by atoms with Crippen LogP contribution >= 0.6 is 11.3 Å². The fourth-order valence-electron chi connectivity index (χ4n) is 1.83. The van der Waals surface area contributed by atoms with Crippen molar-refractivity contribution in [3.05, 3.63) is 28.5 Å². The first-order chi connectivity index (χ1) is 8.24. The van der Waals surface area contributed by atoms with Gasteiger partial charge in [0.25, 0.3) is 0 Å². The Morgan fingerprint density at radius 2 is 2.35 bits per heavy atom. The van der Waals surface area contributed by atoms with Gasteiger partial charge in [-0.2, -0.15) is 0 Å². The van der Waals surface area contributed by atoms with E-state index >= 15 is 0 Å². The Morgan fingerprint density at radius 3 is 3.00 bits per heavy atom. The number of hydrogen-bond donors (Lipinski definition) is 1. The molecule has 1 unspecified atom stereocenters. The van der Waals surface area contributed by atoms with Crippen LogP contribution in [0.25, 0.3) is 0 Å². The molecule has 3 rings (SSSR count). The van der Waals surface area contributed by atoms with Crippen molar-refractivity contribution in [1.82, 2.24) is 14.5 Å². The number of rotatable bonds is 4. The summed E-state index contributed by atoms with van der Waals surface area (Å²) in [5, 5.41) is 6.68. The maximum atomic E-state index is 4.54. The minimum absolute atomic E-state index is 0.248. The van der Waals surface area contributed by atoms with Crippen molar-refractivity contribution < 1.29 is 0 Å². The molecule has 4 nitrogen and oxygen atoms in total. The third-order valence-corrected chi connectivity index (χ3v) is 4.12. The SMILES string of the molecule is Cc1csc(C(C)n2ccnc2NC2CC2)n1. The van der Waals surface area contributed by atoms with Gasteiger partial charge < -0.3 is 9.88 Å². The molecule has 0 aliphatic heterocycles. The van der Waals surface area contributed by atoms with Gasteiger partial charge in [0.2, 0.25) is 5.95 Å². The van der Waals surface area contributed by atoms with Crippen molar-refractivity contribution in [1.29, 1.82) is 0 Å². The van der Waals surface area contributed by atoms with E-state index in [0.29, 0.717) is 6.04 Å². The van der Waals surface area contributed by atoms with Crippen LogP contribution < -0.4 is 5.32 Å². The number of aromatic nitrogens is 3. The van der Waals surface area contributed by atoms with Crippen LogP contribution in [0.5, 0.6) is 0 Å². The summed E-state index contributed by atoms with van der Waals surface area (Å²) in [7, 11) is 0. The number of thiazole rings is 1. The van der Waals surface area contributed by atoms with Crippen molar-refractivity contribution >= 4 is 17.3 Å². The predicted octanol–water partition coefficient (Wildman–Crippen LogP) is 2.83. The summed E-state index contributed by atoms with van der Waals surface area (Å²) in [6.07, 6.45) is 6.39. The molecule has 0 spiro atoms. The largest absolute Gasteiger partial charge is 0.353 e. The lowest BCUT2D eigenvalue weighted by atomic mass is 10.3. The van der Waals surface area contributed by atoms with E-state index in [0.717, 1.165) is 16.6 Å². The van der Waals surface area contributed by atoms with Crippen molar-refractivity contribution in [2.75, 3.05) is 5.32 Å². The molecule has 0 amide bonds. The van der Waals surface area contributed by atoms with Crippen molar-refractivity contribution in [2.24, 2.45) is 0 Å². The molecule has 2 aromatic rings. The Bertz CT molecular complexity index is 512. The normalized spacial score (nSPS) is 17.1. The molecule has 2 aromatic heterocycles. The minimum Gasteiger partial charge on any atom is -0.353 e. The van der Waals surface area contributed by atoms with Gasteiger partial charge in [-0.05, 0) is 26.7 Å². The second-order valence-corrected chi connectivity index (χ2v) is 5.47. The van der Waals surface area contributed by atoms with E-state index in [2.05, 4.69) is 32.2 Å². The summed E-state index contributed by atoms with van der Waals surface area (Å²) in [5.41, 5.74) is 1.09. The molecule has 1 aliphatic carbocycles. The smallest absolute Gasteiger partial charge is 0.203 e. The lowest BCUT2D eigenvalue weighted by Crippen LogP contribution is -2.12. The highest BCUT2D eigenvalue weighted by Crippen LogP contribution is 2.28. The van der Waals surface area contributed by atoms with Crippen molar-refractivity contribution in [3.63, 3.8) is 0 Å². The van der Waals surface area contributed by atoms with E-state index in [1.807, 2.05) is 19.3 Å². The second kappa shape index (κ2) is 4.14. The van der Waals surface area contributed by atoms with Crippen molar-refractivity contribution in [2.45, 2.75) is 38.8 Å². The molecular formula is C12H16N4S. The molecule has 17 heavy (non-hydrogen) atoms. The first-order valence-electron chi connectivity index (χ1n) is 5.95. The molecule has 2 heterocycles. The van der Waals surface area contributed by atoms with Gasteiger partial charge in [-0.3, -0.25) is 0 Å². The highest BCUT2D eigenvalue weighted by molar-refractivity contribution is 7.09.